The van der Waals surface area contributed by atoms with Crippen LogP contribution in [0, 0.1) is 17.7 Å². The number of amides is 2. The highest BCUT2D eigenvalue weighted by Gasteiger charge is 2.30. The number of hydrogen-bond donors (Lipinski definition) is 2. The molecule has 1 aliphatic rings. The molecule has 0 unspecified atom stereocenters. The summed E-state index contributed by atoms with van der Waals surface area (Å²) in [5, 5.41) is 5.73. The molecule has 1 fully saturated rings. The van der Waals surface area contributed by atoms with Crippen molar-refractivity contribution < 1.29 is 18.7 Å². The molecule has 0 bridgehead atoms. The Kier molecular flexibility index (Phi) is 6.43. The van der Waals surface area contributed by atoms with Crippen molar-refractivity contribution in [2.75, 3.05) is 20.3 Å². The summed E-state index contributed by atoms with van der Waals surface area (Å²) in [6, 6.07) is 4.12. The highest BCUT2D eigenvalue weighted by atomic mass is 19.1. The van der Waals surface area contributed by atoms with Crippen molar-refractivity contribution in [1.82, 2.24) is 10.6 Å². The molecule has 1 saturated heterocycles. The zero-order valence-electron chi connectivity index (χ0n) is 14.8. The van der Waals surface area contributed by atoms with E-state index in [9.17, 15) is 9.18 Å². The van der Waals surface area contributed by atoms with Crippen molar-refractivity contribution in [3.05, 3.63) is 29.6 Å². The molecule has 1 aliphatic heterocycles. The molecule has 6 heteroatoms. The van der Waals surface area contributed by atoms with Crippen molar-refractivity contribution in [3.8, 4) is 5.75 Å². The molecule has 0 radical (unpaired) electrons. The van der Waals surface area contributed by atoms with Gasteiger partial charge in [-0.25, -0.2) is 9.18 Å². The summed E-state index contributed by atoms with van der Waals surface area (Å²) in [4.78, 5) is 12.1. The maximum Gasteiger partial charge on any atom is 0.315 e. The van der Waals surface area contributed by atoms with Crippen LogP contribution in [0.1, 0.15) is 38.8 Å². The fourth-order valence-corrected chi connectivity index (χ4v) is 3.12. The largest absolute Gasteiger partial charge is 0.494 e. The number of ether oxygens (including phenoxy) is 2. The van der Waals surface area contributed by atoms with E-state index in [-0.39, 0.29) is 23.9 Å². The van der Waals surface area contributed by atoms with Gasteiger partial charge >= 0.3 is 6.03 Å². The van der Waals surface area contributed by atoms with Gasteiger partial charge in [0, 0.05) is 19.1 Å². The lowest BCUT2D eigenvalue weighted by Gasteiger charge is -2.23. The second-order valence-electron chi connectivity index (χ2n) is 6.60. The average Bonchev–Trinajstić information content (AvgIpc) is 3.01. The van der Waals surface area contributed by atoms with E-state index in [1.54, 1.807) is 12.1 Å². The highest BCUT2D eigenvalue weighted by molar-refractivity contribution is 5.74. The number of methoxy groups -OCH3 is 1. The lowest BCUT2D eigenvalue weighted by molar-refractivity contribution is 0.0545. The van der Waals surface area contributed by atoms with Gasteiger partial charge in [0.25, 0.3) is 0 Å². The van der Waals surface area contributed by atoms with E-state index in [1.165, 1.54) is 13.2 Å². The number of hydrogen-bond acceptors (Lipinski definition) is 3. The van der Waals surface area contributed by atoms with Gasteiger partial charge in [-0.2, -0.15) is 0 Å². The number of nitrogens with one attached hydrogen (secondary N) is 2. The fraction of sp³-hybridized carbons (Fsp3) is 0.611. The van der Waals surface area contributed by atoms with Gasteiger partial charge in [-0.15, -0.1) is 0 Å². The van der Waals surface area contributed by atoms with Gasteiger partial charge < -0.3 is 20.1 Å². The maximum atomic E-state index is 13.8. The molecule has 0 spiro atoms. The Bertz CT molecular complexity index is 565. The Labute approximate surface area is 142 Å². The van der Waals surface area contributed by atoms with Gasteiger partial charge in [0.1, 0.15) is 0 Å². The molecule has 1 aromatic carbocycles. The van der Waals surface area contributed by atoms with Gasteiger partial charge in [-0.1, -0.05) is 19.9 Å². The molecular weight excluding hydrogens is 311 g/mol. The van der Waals surface area contributed by atoms with Crippen molar-refractivity contribution in [1.29, 1.82) is 0 Å². The van der Waals surface area contributed by atoms with E-state index in [1.807, 2.05) is 6.92 Å². The predicted molar refractivity (Wildman–Crippen MR) is 90.6 cm³/mol. The van der Waals surface area contributed by atoms with Gasteiger partial charge in [0.05, 0.1) is 19.3 Å². The predicted octanol–water partition coefficient (Wildman–Crippen LogP) is 3.26. The Balaban J connectivity index is 1.84. The normalized spacial score (nSPS) is 21.6. The number of carbonyl (C=O) groups excluding carboxylic acids is 1. The van der Waals surface area contributed by atoms with E-state index in [4.69, 9.17) is 9.47 Å². The average molecular weight is 338 g/mol. The minimum Gasteiger partial charge on any atom is -0.494 e. The molecule has 2 N–H and O–H groups in total. The van der Waals surface area contributed by atoms with Crippen LogP contribution in [0.15, 0.2) is 18.2 Å². The highest BCUT2D eigenvalue weighted by Crippen LogP contribution is 2.26. The van der Waals surface area contributed by atoms with Crippen LogP contribution in [0.3, 0.4) is 0 Å². The minimum absolute atomic E-state index is 0.191. The van der Waals surface area contributed by atoms with Crippen LogP contribution in [-0.4, -0.2) is 32.4 Å². The van der Waals surface area contributed by atoms with Crippen LogP contribution in [-0.2, 0) is 4.74 Å². The quantitative estimate of drug-likeness (QED) is 0.837. The number of urea groups is 1. The third kappa shape index (κ3) is 4.60. The van der Waals surface area contributed by atoms with Gasteiger partial charge in [-0.05, 0) is 37.0 Å². The lowest BCUT2D eigenvalue weighted by atomic mass is 9.93. The molecule has 0 saturated carbocycles. The fourth-order valence-electron chi connectivity index (χ4n) is 3.12. The van der Waals surface area contributed by atoms with E-state index in [2.05, 4.69) is 24.5 Å². The number of benzene rings is 1. The molecule has 5 nitrogen and oxygen atoms in total. The monoisotopic (exact) mass is 338 g/mol. The first kappa shape index (κ1) is 18.5. The zero-order valence-corrected chi connectivity index (χ0v) is 14.8. The summed E-state index contributed by atoms with van der Waals surface area (Å²) in [6.07, 6.45) is 1.15. The summed E-state index contributed by atoms with van der Waals surface area (Å²) >= 11 is 0. The van der Waals surface area contributed by atoms with Crippen molar-refractivity contribution in [2.24, 2.45) is 11.8 Å². The molecular formula is C18H27FN2O3. The Morgan fingerprint density at radius 1 is 1.42 bits per heavy atom. The number of halogens is 1. The van der Waals surface area contributed by atoms with Crippen LogP contribution in [0.25, 0.3) is 0 Å². The molecule has 2 amide bonds. The Hall–Kier alpha value is -1.82. The third-order valence-corrected chi connectivity index (χ3v) is 4.47. The van der Waals surface area contributed by atoms with Crippen LogP contribution >= 0.6 is 0 Å². The standard InChI is InChI=1S/C18H27FN2O3/c1-11(2)17-14(7-8-24-17)10-20-18(22)21-12(3)13-5-6-16(23-4)15(19)9-13/h5-6,9,11-12,14,17H,7-8,10H2,1-4H3,(H2,20,21,22)/t12-,14-,17-/m1/s1. The molecule has 24 heavy (non-hydrogen) atoms. The van der Waals surface area contributed by atoms with Crippen molar-refractivity contribution in [3.63, 3.8) is 0 Å². The molecule has 3 atom stereocenters. The number of rotatable bonds is 6. The van der Waals surface area contributed by atoms with Gasteiger partial charge in [0.15, 0.2) is 11.6 Å². The Morgan fingerprint density at radius 3 is 2.79 bits per heavy atom. The first-order valence-electron chi connectivity index (χ1n) is 8.41. The van der Waals surface area contributed by atoms with E-state index in [0.717, 1.165) is 13.0 Å². The molecule has 1 aromatic rings. The van der Waals surface area contributed by atoms with Crippen LogP contribution in [0.2, 0.25) is 0 Å². The van der Waals surface area contributed by atoms with Crippen molar-refractivity contribution in [2.45, 2.75) is 39.3 Å². The van der Waals surface area contributed by atoms with Gasteiger partial charge in [0.2, 0.25) is 0 Å². The molecule has 1 heterocycles. The van der Waals surface area contributed by atoms with E-state index in [0.29, 0.717) is 23.9 Å². The second kappa shape index (κ2) is 8.33. The smallest absolute Gasteiger partial charge is 0.315 e. The SMILES string of the molecule is COc1ccc([C@@H](C)NC(=O)NC[C@H]2CCO[C@@H]2C(C)C)cc1F. The summed E-state index contributed by atoms with van der Waals surface area (Å²) in [5.41, 5.74) is 0.688. The minimum atomic E-state index is -0.438. The Morgan fingerprint density at radius 2 is 2.17 bits per heavy atom. The van der Waals surface area contributed by atoms with Crippen LogP contribution < -0.4 is 15.4 Å². The first-order chi connectivity index (χ1) is 11.4. The second-order valence-corrected chi connectivity index (χ2v) is 6.60. The lowest BCUT2D eigenvalue weighted by Crippen LogP contribution is -2.41. The summed E-state index contributed by atoms with van der Waals surface area (Å²) in [5.74, 6) is 0.524. The van der Waals surface area contributed by atoms with Gasteiger partial charge in [-0.3, -0.25) is 0 Å². The van der Waals surface area contributed by atoms with E-state index >= 15 is 0 Å². The molecule has 2 rings (SSSR count). The molecule has 0 aliphatic carbocycles. The zero-order chi connectivity index (χ0) is 17.7. The van der Waals surface area contributed by atoms with Crippen LogP contribution in [0.5, 0.6) is 5.75 Å². The first-order valence-corrected chi connectivity index (χ1v) is 8.41. The summed E-state index contributed by atoms with van der Waals surface area (Å²) in [6.45, 7) is 7.40. The maximum absolute atomic E-state index is 13.8. The molecule has 0 aromatic heterocycles. The van der Waals surface area contributed by atoms with Crippen molar-refractivity contribution >= 4 is 6.03 Å². The topological polar surface area (TPSA) is 59.6 Å². The van der Waals surface area contributed by atoms with E-state index < -0.39 is 5.82 Å². The summed E-state index contributed by atoms with van der Waals surface area (Å²) in [7, 11) is 1.42. The van der Waals surface area contributed by atoms with Crippen LogP contribution in [0.4, 0.5) is 9.18 Å². The summed E-state index contributed by atoms with van der Waals surface area (Å²) < 4.78 is 24.4. The molecule has 134 valence electrons. The third-order valence-electron chi connectivity index (χ3n) is 4.47. The number of carbonyl (C=O) groups is 1.